The highest BCUT2D eigenvalue weighted by molar-refractivity contribution is 9.10. The fourth-order valence-corrected chi connectivity index (χ4v) is 1.79. The second-order valence-corrected chi connectivity index (χ2v) is 4.58. The fourth-order valence-electron chi connectivity index (χ4n) is 1.31. The van der Waals surface area contributed by atoms with Crippen LogP contribution in [0.25, 0.3) is 0 Å². The van der Waals surface area contributed by atoms with Crippen LogP contribution in [-0.4, -0.2) is 16.3 Å². The van der Waals surface area contributed by atoms with Crippen LogP contribution in [0.2, 0.25) is 0 Å². The SMILES string of the molecule is Cc1nonc1COC(=O)c1cc(N)c(F)cc1Br. The third-order valence-corrected chi connectivity index (χ3v) is 3.05. The summed E-state index contributed by atoms with van der Waals surface area (Å²) >= 11 is 3.07. The molecular weight excluding hydrogens is 321 g/mol. The van der Waals surface area contributed by atoms with E-state index >= 15 is 0 Å². The summed E-state index contributed by atoms with van der Waals surface area (Å²) in [6.45, 7) is 1.59. The average Bonchev–Trinajstić information content (AvgIpc) is 2.76. The van der Waals surface area contributed by atoms with Gasteiger partial charge in [0, 0.05) is 4.47 Å². The van der Waals surface area contributed by atoms with E-state index < -0.39 is 11.8 Å². The van der Waals surface area contributed by atoms with E-state index in [4.69, 9.17) is 10.5 Å². The van der Waals surface area contributed by atoms with Crippen molar-refractivity contribution in [3.8, 4) is 0 Å². The van der Waals surface area contributed by atoms with E-state index in [1.54, 1.807) is 6.92 Å². The van der Waals surface area contributed by atoms with Gasteiger partial charge in [0.2, 0.25) is 0 Å². The van der Waals surface area contributed by atoms with Crippen molar-refractivity contribution in [2.24, 2.45) is 0 Å². The van der Waals surface area contributed by atoms with Crippen molar-refractivity contribution in [2.75, 3.05) is 5.73 Å². The number of ether oxygens (including phenoxy) is 1. The number of aryl methyl sites for hydroxylation is 1. The molecule has 100 valence electrons. The molecular formula is C11H9BrFN3O3. The second-order valence-electron chi connectivity index (χ2n) is 3.73. The Bertz CT molecular complexity index is 630. The molecule has 2 rings (SSSR count). The zero-order valence-electron chi connectivity index (χ0n) is 9.81. The average molecular weight is 330 g/mol. The molecule has 1 aromatic carbocycles. The van der Waals surface area contributed by atoms with Gasteiger partial charge in [-0.05, 0) is 35.0 Å². The van der Waals surface area contributed by atoms with Crippen molar-refractivity contribution in [2.45, 2.75) is 13.5 Å². The maximum absolute atomic E-state index is 13.1. The highest BCUT2D eigenvalue weighted by atomic mass is 79.9. The minimum Gasteiger partial charge on any atom is -0.455 e. The minimum atomic E-state index is -0.652. The summed E-state index contributed by atoms with van der Waals surface area (Å²) < 4.78 is 22.9. The number of halogens is 2. The van der Waals surface area contributed by atoms with Crippen molar-refractivity contribution in [3.63, 3.8) is 0 Å². The number of nitrogen functional groups attached to an aromatic ring is 1. The third-order valence-electron chi connectivity index (χ3n) is 2.39. The Balaban J connectivity index is 2.12. The molecule has 0 saturated carbocycles. The lowest BCUT2D eigenvalue weighted by Crippen LogP contribution is -2.08. The van der Waals surface area contributed by atoms with E-state index in [-0.39, 0.29) is 22.3 Å². The molecule has 0 amide bonds. The van der Waals surface area contributed by atoms with Crippen molar-refractivity contribution in [1.82, 2.24) is 10.3 Å². The second kappa shape index (κ2) is 5.35. The number of hydrogen-bond donors (Lipinski definition) is 1. The van der Waals surface area contributed by atoms with Crippen LogP contribution in [0.4, 0.5) is 10.1 Å². The largest absolute Gasteiger partial charge is 0.455 e. The van der Waals surface area contributed by atoms with Crippen molar-refractivity contribution in [3.05, 3.63) is 39.4 Å². The lowest BCUT2D eigenvalue weighted by molar-refractivity contribution is 0.0462. The predicted molar refractivity (Wildman–Crippen MR) is 66.7 cm³/mol. The molecule has 0 spiro atoms. The number of aromatic nitrogens is 2. The van der Waals surface area contributed by atoms with E-state index in [9.17, 15) is 9.18 Å². The summed E-state index contributed by atoms with van der Waals surface area (Å²) in [4.78, 5) is 11.8. The summed E-state index contributed by atoms with van der Waals surface area (Å²) in [7, 11) is 0. The maximum atomic E-state index is 13.1. The van der Waals surface area contributed by atoms with Crippen LogP contribution in [0.1, 0.15) is 21.7 Å². The normalized spacial score (nSPS) is 10.5. The standard InChI is InChI=1S/C11H9BrFN3O3/c1-5-10(16-19-15-5)4-18-11(17)6-2-9(14)8(13)3-7(6)12/h2-3H,4,14H2,1H3. The first-order valence-corrected chi connectivity index (χ1v) is 5.98. The minimum absolute atomic E-state index is 0.0854. The van der Waals surface area contributed by atoms with E-state index in [0.29, 0.717) is 11.4 Å². The number of carbonyl (C=O) groups is 1. The molecule has 1 aromatic heterocycles. The number of anilines is 1. The van der Waals surface area contributed by atoms with Gasteiger partial charge in [0.25, 0.3) is 0 Å². The molecule has 2 N–H and O–H groups in total. The van der Waals surface area contributed by atoms with Gasteiger partial charge in [-0.2, -0.15) is 0 Å². The van der Waals surface area contributed by atoms with Gasteiger partial charge in [0.15, 0.2) is 0 Å². The van der Waals surface area contributed by atoms with Crippen molar-refractivity contribution >= 4 is 27.6 Å². The Morgan fingerprint density at radius 1 is 1.53 bits per heavy atom. The van der Waals surface area contributed by atoms with Crippen LogP contribution in [0.15, 0.2) is 21.2 Å². The van der Waals surface area contributed by atoms with Gasteiger partial charge in [-0.15, -0.1) is 0 Å². The van der Waals surface area contributed by atoms with Gasteiger partial charge in [0.05, 0.1) is 11.3 Å². The molecule has 0 saturated heterocycles. The molecule has 0 bridgehead atoms. The van der Waals surface area contributed by atoms with Crippen LogP contribution in [0, 0.1) is 12.7 Å². The maximum Gasteiger partial charge on any atom is 0.339 e. The summed E-state index contributed by atoms with van der Waals surface area (Å²) in [6, 6.07) is 2.31. The van der Waals surface area contributed by atoms with Gasteiger partial charge < -0.3 is 10.5 Å². The molecule has 0 aliphatic heterocycles. The summed E-state index contributed by atoms with van der Waals surface area (Å²) in [6.07, 6.45) is 0. The summed E-state index contributed by atoms with van der Waals surface area (Å²) in [5.74, 6) is -1.26. The summed E-state index contributed by atoms with van der Waals surface area (Å²) in [5.41, 5.74) is 6.35. The van der Waals surface area contributed by atoms with Gasteiger partial charge in [-0.3, -0.25) is 0 Å². The van der Waals surface area contributed by atoms with Gasteiger partial charge in [-0.25, -0.2) is 13.8 Å². The third kappa shape index (κ3) is 2.90. The zero-order chi connectivity index (χ0) is 14.0. The van der Waals surface area contributed by atoms with Crippen molar-refractivity contribution in [1.29, 1.82) is 0 Å². The number of nitrogens with two attached hydrogens (primary N) is 1. The van der Waals surface area contributed by atoms with E-state index in [1.807, 2.05) is 0 Å². The summed E-state index contributed by atoms with van der Waals surface area (Å²) in [5, 5.41) is 7.13. The Labute approximate surface area is 115 Å². The molecule has 6 nitrogen and oxygen atoms in total. The monoisotopic (exact) mass is 329 g/mol. The van der Waals surface area contributed by atoms with Gasteiger partial charge >= 0.3 is 5.97 Å². The van der Waals surface area contributed by atoms with Crippen LogP contribution in [0.3, 0.4) is 0 Å². The number of carbonyl (C=O) groups excluding carboxylic acids is 1. The molecule has 0 aliphatic rings. The van der Waals surface area contributed by atoms with Crippen LogP contribution < -0.4 is 5.73 Å². The first-order valence-electron chi connectivity index (χ1n) is 5.18. The number of hydrogen-bond acceptors (Lipinski definition) is 6. The van der Waals surface area contributed by atoms with Gasteiger partial charge in [-0.1, -0.05) is 10.3 Å². The number of rotatable bonds is 3. The Morgan fingerprint density at radius 3 is 2.89 bits per heavy atom. The van der Waals surface area contributed by atoms with Crippen LogP contribution >= 0.6 is 15.9 Å². The lowest BCUT2D eigenvalue weighted by atomic mass is 10.2. The first kappa shape index (κ1) is 13.5. The molecule has 8 heteroatoms. The molecule has 0 fully saturated rings. The highest BCUT2D eigenvalue weighted by Crippen LogP contribution is 2.23. The smallest absolute Gasteiger partial charge is 0.339 e. The number of benzene rings is 1. The Kier molecular flexibility index (Phi) is 3.79. The molecule has 0 aliphatic carbocycles. The molecule has 2 aromatic rings. The topological polar surface area (TPSA) is 91.2 Å². The number of nitrogens with zero attached hydrogens (tertiary/aromatic N) is 2. The molecule has 0 unspecified atom stereocenters. The number of esters is 1. The zero-order valence-corrected chi connectivity index (χ0v) is 11.4. The molecule has 0 atom stereocenters. The van der Waals surface area contributed by atoms with E-state index in [0.717, 1.165) is 6.07 Å². The van der Waals surface area contributed by atoms with Crippen LogP contribution in [-0.2, 0) is 11.3 Å². The van der Waals surface area contributed by atoms with E-state index in [1.165, 1.54) is 6.07 Å². The first-order chi connectivity index (χ1) is 8.99. The highest BCUT2D eigenvalue weighted by Gasteiger charge is 2.16. The Hall–Kier alpha value is -1.96. The van der Waals surface area contributed by atoms with Crippen LogP contribution in [0.5, 0.6) is 0 Å². The molecule has 19 heavy (non-hydrogen) atoms. The molecule has 0 radical (unpaired) electrons. The van der Waals surface area contributed by atoms with Gasteiger partial charge in [0.1, 0.15) is 23.8 Å². The lowest BCUT2D eigenvalue weighted by Gasteiger charge is -2.06. The fraction of sp³-hybridized carbons (Fsp3) is 0.182. The van der Waals surface area contributed by atoms with Crippen molar-refractivity contribution < 1.29 is 18.6 Å². The molecule has 1 heterocycles. The predicted octanol–water partition coefficient (Wildman–Crippen LogP) is 2.22. The quantitative estimate of drug-likeness (QED) is 0.685. The Morgan fingerprint density at radius 2 is 2.26 bits per heavy atom. The van der Waals surface area contributed by atoms with E-state index in [2.05, 4.69) is 30.9 Å².